The first-order chi connectivity index (χ1) is 9.73. The van der Waals surface area contributed by atoms with Crippen LogP contribution in [0.1, 0.15) is 29.8 Å². The fraction of sp³-hybridized carbons (Fsp3) is 0.500. The van der Waals surface area contributed by atoms with Gasteiger partial charge in [-0.3, -0.25) is 0 Å². The fourth-order valence-electron chi connectivity index (χ4n) is 2.35. The summed E-state index contributed by atoms with van der Waals surface area (Å²) in [5.74, 6) is -1.14. The lowest BCUT2D eigenvalue weighted by Gasteiger charge is -2.36. The third kappa shape index (κ3) is 3.09. The molecule has 1 heterocycles. The molecule has 2 unspecified atom stereocenters. The standard InChI is InChI=1S/C14H19NO5S/c1-9-4-5-12(14(16)17)6-13(9)21(18,19)15-7-11(3)20-8-10(15)2/h4-6,10-11H,7-8H2,1-3H3,(H,16,17). The number of carboxylic acids is 1. The van der Waals surface area contributed by atoms with Gasteiger partial charge in [0.05, 0.1) is 23.2 Å². The molecule has 7 heteroatoms. The molecule has 1 saturated heterocycles. The normalized spacial score (nSPS) is 24.0. The SMILES string of the molecule is Cc1ccc(C(=O)O)cc1S(=O)(=O)N1CC(C)OCC1C. The highest BCUT2D eigenvalue weighted by Gasteiger charge is 2.35. The van der Waals surface area contributed by atoms with Gasteiger partial charge in [0, 0.05) is 12.6 Å². The Bertz CT molecular complexity index is 655. The highest BCUT2D eigenvalue weighted by Crippen LogP contribution is 2.25. The number of ether oxygens (including phenoxy) is 1. The average Bonchev–Trinajstić information content (AvgIpc) is 2.41. The molecule has 0 radical (unpaired) electrons. The molecule has 0 aliphatic carbocycles. The van der Waals surface area contributed by atoms with Crippen molar-refractivity contribution in [3.8, 4) is 0 Å². The lowest BCUT2D eigenvalue weighted by Crippen LogP contribution is -2.50. The number of carbonyl (C=O) groups is 1. The van der Waals surface area contributed by atoms with Crippen molar-refractivity contribution in [3.05, 3.63) is 29.3 Å². The first-order valence-corrected chi connectivity index (χ1v) is 8.15. The van der Waals surface area contributed by atoms with Gasteiger partial charge < -0.3 is 9.84 Å². The zero-order valence-corrected chi connectivity index (χ0v) is 13.1. The summed E-state index contributed by atoms with van der Waals surface area (Å²) >= 11 is 0. The number of morpholine rings is 1. The van der Waals surface area contributed by atoms with E-state index in [1.54, 1.807) is 13.8 Å². The monoisotopic (exact) mass is 313 g/mol. The van der Waals surface area contributed by atoms with Crippen LogP contribution >= 0.6 is 0 Å². The maximum atomic E-state index is 12.8. The molecule has 1 aliphatic heterocycles. The summed E-state index contributed by atoms with van der Waals surface area (Å²) in [4.78, 5) is 11.1. The zero-order chi connectivity index (χ0) is 15.8. The molecule has 0 saturated carbocycles. The van der Waals surface area contributed by atoms with Crippen LogP contribution in [0.3, 0.4) is 0 Å². The minimum atomic E-state index is -3.74. The number of hydrogen-bond acceptors (Lipinski definition) is 4. The van der Waals surface area contributed by atoms with E-state index in [1.807, 2.05) is 6.92 Å². The highest BCUT2D eigenvalue weighted by molar-refractivity contribution is 7.89. The lowest BCUT2D eigenvalue weighted by atomic mass is 10.1. The Morgan fingerprint density at radius 1 is 1.38 bits per heavy atom. The van der Waals surface area contributed by atoms with Crippen molar-refractivity contribution in [2.24, 2.45) is 0 Å². The summed E-state index contributed by atoms with van der Waals surface area (Å²) in [6, 6.07) is 3.87. The van der Waals surface area contributed by atoms with E-state index in [9.17, 15) is 13.2 Å². The minimum absolute atomic E-state index is 0.0341. The first-order valence-electron chi connectivity index (χ1n) is 6.71. The van der Waals surface area contributed by atoms with Crippen molar-refractivity contribution in [1.29, 1.82) is 0 Å². The van der Waals surface area contributed by atoms with Crippen molar-refractivity contribution in [2.45, 2.75) is 37.8 Å². The summed E-state index contributed by atoms with van der Waals surface area (Å²) in [6.07, 6.45) is -0.182. The van der Waals surface area contributed by atoms with E-state index in [0.29, 0.717) is 12.2 Å². The van der Waals surface area contributed by atoms with Gasteiger partial charge in [-0.1, -0.05) is 6.07 Å². The van der Waals surface area contributed by atoms with Crippen LogP contribution in [0.2, 0.25) is 0 Å². The molecule has 1 aromatic carbocycles. The number of benzene rings is 1. The molecule has 1 aliphatic rings. The van der Waals surface area contributed by atoms with Crippen LogP contribution in [0.25, 0.3) is 0 Å². The Morgan fingerprint density at radius 2 is 2.05 bits per heavy atom. The molecule has 1 N–H and O–H groups in total. The molecule has 21 heavy (non-hydrogen) atoms. The van der Waals surface area contributed by atoms with E-state index >= 15 is 0 Å². The lowest BCUT2D eigenvalue weighted by molar-refractivity contribution is -0.0170. The quantitative estimate of drug-likeness (QED) is 0.914. The Morgan fingerprint density at radius 3 is 2.67 bits per heavy atom. The largest absolute Gasteiger partial charge is 0.478 e. The van der Waals surface area contributed by atoms with Crippen LogP contribution < -0.4 is 0 Å². The second-order valence-corrected chi connectivity index (χ2v) is 7.21. The third-order valence-corrected chi connectivity index (χ3v) is 5.69. The van der Waals surface area contributed by atoms with Crippen molar-refractivity contribution in [1.82, 2.24) is 4.31 Å². The van der Waals surface area contributed by atoms with E-state index in [1.165, 1.54) is 22.5 Å². The molecule has 0 bridgehead atoms. The van der Waals surface area contributed by atoms with Gasteiger partial charge in [0.25, 0.3) is 0 Å². The maximum absolute atomic E-state index is 12.8. The van der Waals surface area contributed by atoms with Gasteiger partial charge in [-0.15, -0.1) is 0 Å². The van der Waals surface area contributed by atoms with Crippen LogP contribution in [0.4, 0.5) is 0 Å². The molecular weight excluding hydrogens is 294 g/mol. The van der Waals surface area contributed by atoms with E-state index in [2.05, 4.69) is 0 Å². The molecule has 0 amide bonds. The molecule has 6 nitrogen and oxygen atoms in total. The molecule has 116 valence electrons. The predicted octanol–water partition coefficient (Wildman–Crippen LogP) is 1.49. The van der Waals surface area contributed by atoms with Crippen LogP contribution in [-0.2, 0) is 14.8 Å². The van der Waals surface area contributed by atoms with E-state index in [4.69, 9.17) is 9.84 Å². The Balaban J connectivity index is 2.48. The van der Waals surface area contributed by atoms with Gasteiger partial charge >= 0.3 is 5.97 Å². The van der Waals surface area contributed by atoms with E-state index in [-0.39, 0.29) is 29.1 Å². The van der Waals surface area contributed by atoms with Crippen molar-refractivity contribution in [3.63, 3.8) is 0 Å². The molecule has 2 rings (SSSR count). The number of carboxylic acid groups (broad SMARTS) is 1. The summed E-state index contributed by atoms with van der Waals surface area (Å²) in [7, 11) is -3.74. The summed E-state index contributed by atoms with van der Waals surface area (Å²) in [5.41, 5.74) is 0.500. The number of rotatable bonds is 3. The number of aryl methyl sites for hydroxylation is 1. The van der Waals surface area contributed by atoms with Crippen molar-refractivity contribution < 1.29 is 23.1 Å². The van der Waals surface area contributed by atoms with Gasteiger partial charge in [0.2, 0.25) is 10.0 Å². The van der Waals surface area contributed by atoms with Gasteiger partial charge in [-0.2, -0.15) is 4.31 Å². The second-order valence-electron chi connectivity index (χ2n) is 5.35. The van der Waals surface area contributed by atoms with Gasteiger partial charge in [-0.25, -0.2) is 13.2 Å². The smallest absolute Gasteiger partial charge is 0.335 e. The average molecular weight is 313 g/mol. The van der Waals surface area contributed by atoms with Crippen LogP contribution in [0.15, 0.2) is 23.1 Å². The predicted molar refractivity (Wildman–Crippen MR) is 76.9 cm³/mol. The van der Waals surface area contributed by atoms with Crippen LogP contribution in [0, 0.1) is 6.92 Å². The Kier molecular flexibility index (Phi) is 4.36. The summed E-state index contributed by atoms with van der Waals surface area (Å²) in [5, 5.41) is 9.04. The fourth-order valence-corrected chi connectivity index (χ4v) is 4.29. The molecule has 1 aromatic rings. The number of nitrogens with zero attached hydrogens (tertiary/aromatic N) is 1. The van der Waals surface area contributed by atoms with E-state index in [0.717, 1.165) is 0 Å². The van der Waals surface area contributed by atoms with Crippen molar-refractivity contribution >= 4 is 16.0 Å². The highest BCUT2D eigenvalue weighted by atomic mass is 32.2. The van der Waals surface area contributed by atoms with Crippen LogP contribution in [0.5, 0.6) is 0 Å². The number of hydrogen-bond donors (Lipinski definition) is 1. The van der Waals surface area contributed by atoms with Gasteiger partial charge in [0.15, 0.2) is 0 Å². The molecule has 1 fully saturated rings. The molecule has 2 atom stereocenters. The van der Waals surface area contributed by atoms with Gasteiger partial charge in [-0.05, 0) is 38.5 Å². The van der Waals surface area contributed by atoms with Gasteiger partial charge in [0.1, 0.15) is 0 Å². The molecule has 0 spiro atoms. The van der Waals surface area contributed by atoms with Crippen molar-refractivity contribution in [2.75, 3.05) is 13.2 Å². The Hall–Kier alpha value is -1.44. The third-order valence-electron chi connectivity index (χ3n) is 3.57. The topological polar surface area (TPSA) is 83.9 Å². The second kappa shape index (κ2) is 5.75. The minimum Gasteiger partial charge on any atom is -0.478 e. The molecule has 0 aromatic heterocycles. The van der Waals surface area contributed by atoms with Crippen LogP contribution in [-0.4, -0.2) is 49.1 Å². The maximum Gasteiger partial charge on any atom is 0.335 e. The Labute approximate surface area is 124 Å². The molecular formula is C14H19NO5S. The summed E-state index contributed by atoms with van der Waals surface area (Å²) in [6.45, 7) is 5.85. The first kappa shape index (κ1) is 15.9. The summed E-state index contributed by atoms with van der Waals surface area (Å²) < 4.78 is 32.5. The van der Waals surface area contributed by atoms with E-state index < -0.39 is 16.0 Å². The number of sulfonamides is 1. The zero-order valence-electron chi connectivity index (χ0n) is 12.2. The number of aromatic carboxylic acids is 1.